The lowest BCUT2D eigenvalue weighted by Gasteiger charge is -2.46. The van der Waals surface area contributed by atoms with Crippen molar-refractivity contribution in [3.63, 3.8) is 0 Å². The van der Waals surface area contributed by atoms with Crippen molar-refractivity contribution in [3.8, 4) is 0 Å². The fourth-order valence-electron chi connectivity index (χ4n) is 9.76. The molecule has 0 aliphatic carbocycles. The summed E-state index contributed by atoms with van der Waals surface area (Å²) in [5.74, 6) is -0.301. The Morgan fingerprint density at radius 2 is 0.831 bits per heavy atom. The minimum atomic E-state index is -1.80. The highest BCUT2D eigenvalue weighted by atomic mass is 16.7. The van der Waals surface area contributed by atoms with Crippen LogP contribution in [0.4, 0.5) is 0 Å². The summed E-state index contributed by atoms with van der Waals surface area (Å²) in [4.78, 5) is 13.3. The lowest BCUT2D eigenvalue weighted by Crippen LogP contribution is -2.65. The molecule has 2 aliphatic rings. The molecule has 12 unspecified atom stereocenters. The minimum absolute atomic E-state index is 0.193. The van der Waals surface area contributed by atoms with Gasteiger partial charge in [0.2, 0.25) is 5.91 Å². The highest BCUT2D eigenvalue weighted by molar-refractivity contribution is 5.76. The molecule has 2 rings (SSSR count). The SMILES string of the molecule is CC/C=C\C/C=C\C/C=C\C/C=C\C/C=C\C/C=C\C/C=C\C/C=C\C/C=C\CCCC(=O)NC(COC1OC(CO)C(OC2OC(CO)C(O)C(O)C2O)C(O)C1O)C(O)/C=C/CCCCCCCCCCCCCCCCCCCC. The number of carbonyl (C=O) groups excluding carboxylic acids is 1. The van der Waals surface area contributed by atoms with Crippen LogP contribution in [0.1, 0.15) is 213 Å². The number of amides is 1. The Bertz CT molecular complexity index is 1850. The maximum Gasteiger partial charge on any atom is 0.220 e. The normalized spacial score (nSPS) is 24.7. The lowest BCUT2D eigenvalue weighted by atomic mass is 9.97. The molecule has 0 aromatic rings. The van der Waals surface area contributed by atoms with E-state index in [1.54, 1.807) is 6.08 Å². The first kappa shape index (κ1) is 75.5. The van der Waals surface area contributed by atoms with Crippen molar-refractivity contribution in [2.45, 2.75) is 286 Å². The van der Waals surface area contributed by atoms with Crippen LogP contribution in [0, 0.1) is 0 Å². The van der Waals surface area contributed by atoms with Gasteiger partial charge in [-0.1, -0.05) is 245 Å². The van der Waals surface area contributed by atoms with Gasteiger partial charge in [-0.2, -0.15) is 0 Å². The summed E-state index contributed by atoms with van der Waals surface area (Å²) in [5.41, 5.74) is 0. The van der Waals surface area contributed by atoms with Crippen molar-refractivity contribution in [3.05, 3.63) is 122 Å². The number of hydrogen-bond donors (Lipinski definition) is 9. The van der Waals surface area contributed by atoms with Crippen molar-refractivity contribution in [1.29, 1.82) is 0 Å². The van der Waals surface area contributed by atoms with E-state index < -0.39 is 86.8 Å². The van der Waals surface area contributed by atoms with Crippen molar-refractivity contribution in [2.24, 2.45) is 0 Å². The largest absolute Gasteiger partial charge is 0.394 e. The Morgan fingerprint density at radius 1 is 0.446 bits per heavy atom. The Kier molecular flexibility index (Phi) is 47.9. The molecule has 0 radical (unpaired) electrons. The number of aliphatic hydroxyl groups is 8. The number of hydrogen-bond acceptors (Lipinski definition) is 13. The average Bonchev–Trinajstić information content (AvgIpc) is 3.65. The van der Waals surface area contributed by atoms with Gasteiger partial charge in [0.25, 0.3) is 0 Å². The molecule has 0 saturated carbocycles. The van der Waals surface area contributed by atoms with Gasteiger partial charge in [-0.3, -0.25) is 4.79 Å². The number of nitrogens with one attached hydrogen (secondary N) is 1. The molecule has 1 amide bonds. The Morgan fingerprint density at radius 3 is 1.27 bits per heavy atom. The van der Waals surface area contributed by atoms with Gasteiger partial charge in [0.05, 0.1) is 32.0 Å². The molecule has 474 valence electrons. The van der Waals surface area contributed by atoms with Crippen LogP contribution in [-0.2, 0) is 23.7 Å². The molecule has 0 spiro atoms. The molecule has 0 aromatic heterocycles. The fourth-order valence-corrected chi connectivity index (χ4v) is 9.76. The van der Waals surface area contributed by atoms with Gasteiger partial charge >= 0.3 is 0 Å². The van der Waals surface area contributed by atoms with Gasteiger partial charge < -0.3 is 65.1 Å². The molecule has 14 heteroatoms. The smallest absolute Gasteiger partial charge is 0.220 e. The molecule has 2 heterocycles. The monoisotopic (exact) mass is 1170 g/mol. The Balaban J connectivity index is 1.77. The van der Waals surface area contributed by atoms with Gasteiger partial charge in [-0.05, 0) is 83.5 Å². The molecule has 0 aromatic carbocycles. The highest BCUT2D eigenvalue weighted by Crippen LogP contribution is 2.30. The molecule has 14 nitrogen and oxygen atoms in total. The number of ether oxygens (including phenoxy) is 4. The molecule has 2 fully saturated rings. The molecule has 0 bridgehead atoms. The number of carbonyl (C=O) groups is 1. The van der Waals surface area contributed by atoms with Gasteiger partial charge in [-0.15, -0.1) is 0 Å². The van der Waals surface area contributed by atoms with Crippen LogP contribution in [0.2, 0.25) is 0 Å². The standard InChI is InChI=1S/C69H115NO13/c1-3-5-7-9-11-13-15-17-19-21-23-25-26-27-28-29-30-31-32-33-35-37-39-41-43-45-47-49-51-53-61(74)70-57(58(73)52-50-48-46-44-42-40-38-36-34-24-22-20-18-16-14-12-10-8-6-4-2)56-80-68-66(79)64(77)67(60(55-72)82-68)83-69-65(78)63(76)62(75)59(54-71)81-69/h5,7,11,13,17,19,23,25,27-28,30-31,33,35,39,41,45,47,50,52,57-60,62-69,71-73,75-79H,3-4,6,8-10,12,14-16,18,20-22,24,26,29,32,34,36-38,40,42-44,46,48-49,51,53-56H2,1-2H3,(H,70,74)/b7-5-,13-11-,19-17-,25-23-,28-27-,31-30-,35-33-,41-39-,47-45-,52-50+. The summed E-state index contributed by atoms with van der Waals surface area (Å²) in [5, 5.41) is 87.2. The second-order valence-corrected chi connectivity index (χ2v) is 22.2. The molecule has 2 aliphatic heterocycles. The van der Waals surface area contributed by atoms with Crippen LogP contribution in [-0.4, -0.2) is 140 Å². The average molecular weight is 1170 g/mol. The van der Waals surface area contributed by atoms with E-state index in [4.69, 9.17) is 18.9 Å². The quantitative estimate of drug-likeness (QED) is 0.0204. The summed E-state index contributed by atoms with van der Waals surface area (Å²) >= 11 is 0. The fraction of sp³-hybridized carbons (Fsp3) is 0.696. The Labute approximate surface area is 501 Å². The zero-order chi connectivity index (χ0) is 60.2. The van der Waals surface area contributed by atoms with E-state index in [1.165, 1.54) is 96.3 Å². The first-order chi connectivity index (χ1) is 40.6. The molecular formula is C69H115NO13. The van der Waals surface area contributed by atoms with E-state index in [-0.39, 0.29) is 18.9 Å². The maximum absolute atomic E-state index is 13.3. The first-order valence-corrected chi connectivity index (χ1v) is 32.3. The van der Waals surface area contributed by atoms with Gasteiger partial charge in [-0.25, -0.2) is 0 Å². The van der Waals surface area contributed by atoms with Crippen molar-refractivity contribution < 1.29 is 64.6 Å². The van der Waals surface area contributed by atoms with Crippen molar-refractivity contribution in [1.82, 2.24) is 5.32 Å². The minimum Gasteiger partial charge on any atom is -0.394 e. The third-order valence-corrected chi connectivity index (χ3v) is 14.9. The van der Waals surface area contributed by atoms with Gasteiger partial charge in [0, 0.05) is 6.42 Å². The summed E-state index contributed by atoms with van der Waals surface area (Å²) in [7, 11) is 0. The third kappa shape index (κ3) is 37.5. The first-order valence-electron chi connectivity index (χ1n) is 32.3. The number of unbranched alkanes of at least 4 members (excludes halogenated alkanes) is 19. The highest BCUT2D eigenvalue weighted by Gasteiger charge is 2.51. The van der Waals surface area contributed by atoms with Crippen LogP contribution in [0.15, 0.2) is 122 Å². The van der Waals surface area contributed by atoms with Crippen molar-refractivity contribution in [2.75, 3.05) is 19.8 Å². The van der Waals surface area contributed by atoms with Gasteiger partial charge in [0.1, 0.15) is 48.8 Å². The predicted octanol–water partition coefficient (Wildman–Crippen LogP) is 12.2. The number of allylic oxidation sites excluding steroid dienone is 19. The Hall–Kier alpha value is -3.61. The summed E-state index contributed by atoms with van der Waals surface area (Å²) in [6.07, 6.45) is 59.5. The van der Waals surface area contributed by atoms with Crippen LogP contribution in [0.3, 0.4) is 0 Å². The summed E-state index contributed by atoms with van der Waals surface area (Å²) in [6.45, 7) is 2.64. The van der Waals surface area contributed by atoms with Crippen LogP contribution in [0.5, 0.6) is 0 Å². The van der Waals surface area contributed by atoms with Crippen LogP contribution < -0.4 is 5.32 Å². The molecular weight excluding hydrogens is 1050 g/mol. The lowest BCUT2D eigenvalue weighted by molar-refractivity contribution is -0.359. The zero-order valence-electron chi connectivity index (χ0n) is 51.1. The molecule has 83 heavy (non-hydrogen) atoms. The third-order valence-electron chi connectivity index (χ3n) is 14.9. The maximum atomic E-state index is 13.3. The van der Waals surface area contributed by atoms with E-state index >= 15 is 0 Å². The van der Waals surface area contributed by atoms with E-state index in [0.29, 0.717) is 12.8 Å². The zero-order valence-corrected chi connectivity index (χ0v) is 51.1. The molecule has 2 saturated heterocycles. The summed E-state index contributed by atoms with van der Waals surface area (Å²) in [6, 6.07) is -0.956. The molecule has 12 atom stereocenters. The van der Waals surface area contributed by atoms with E-state index in [9.17, 15) is 45.6 Å². The van der Waals surface area contributed by atoms with Crippen molar-refractivity contribution >= 4 is 5.91 Å². The van der Waals surface area contributed by atoms with E-state index in [1.807, 2.05) is 12.2 Å². The number of rotatable bonds is 50. The van der Waals surface area contributed by atoms with Crippen LogP contribution in [0.25, 0.3) is 0 Å². The van der Waals surface area contributed by atoms with Gasteiger partial charge in [0.15, 0.2) is 12.6 Å². The van der Waals surface area contributed by atoms with Crippen LogP contribution >= 0.6 is 0 Å². The molecule has 9 N–H and O–H groups in total. The number of aliphatic hydroxyl groups excluding tert-OH is 8. The van der Waals surface area contributed by atoms with E-state index in [0.717, 1.165) is 83.5 Å². The topological polar surface area (TPSA) is 228 Å². The van der Waals surface area contributed by atoms with E-state index in [2.05, 4.69) is 122 Å². The second kappa shape index (κ2) is 52.7. The summed E-state index contributed by atoms with van der Waals surface area (Å²) < 4.78 is 22.8. The predicted molar refractivity (Wildman–Crippen MR) is 336 cm³/mol. The second-order valence-electron chi connectivity index (χ2n) is 22.2.